The number of amides is 1. The van der Waals surface area contributed by atoms with Crippen molar-refractivity contribution < 1.29 is 27.1 Å². The molecular formula is C21H22F2N2O4S. The van der Waals surface area contributed by atoms with Crippen LogP contribution in [-0.4, -0.2) is 36.3 Å². The summed E-state index contributed by atoms with van der Waals surface area (Å²) in [5.41, 5.74) is 0.291. The number of benzene rings is 2. The third-order valence-corrected chi connectivity index (χ3v) is 7.98. The first-order valence-corrected chi connectivity index (χ1v) is 11.3. The third-order valence-electron chi connectivity index (χ3n) is 5.94. The van der Waals surface area contributed by atoms with Crippen molar-refractivity contribution in [2.45, 2.75) is 43.2 Å². The van der Waals surface area contributed by atoms with Crippen LogP contribution in [0.15, 0.2) is 41.3 Å². The van der Waals surface area contributed by atoms with Crippen molar-refractivity contribution >= 4 is 21.6 Å². The number of aliphatic hydroxyl groups is 1. The van der Waals surface area contributed by atoms with Crippen molar-refractivity contribution in [3.8, 4) is 0 Å². The average Bonchev–Trinajstić information content (AvgIpc) is 3.09. The highest BCUT2D eigenvalue weighted by molar-refractivity contribution is 7.89. The molecule has 0 radical (unpaired) electrons. The predicted octanol–water partition coefficient (Wildman–Crippen LogP) is 3.27. The van der Waals surface area contributed by atoms with Crippen molar-refractivity contribution in [3.63, 3.8) is 0 Å². The van der Waals surface area contributed by atoms with Crippen molar-refractivity contribution in [1.82, 2.24) is 4.31 Å². The van der Waals surface area contributed by atoms with Crippen molar-refractivity contribution in [1.29, 1.82) is 0 Å². The molecule has 1 saturated carbocycles. The highest BCUT2D eigenvalue weighted by Gasteiger charge is 2.41. The summed E-state index contributed by atoms with van der Waals surface area (Å²) in [7, 11) is -3.90. The minimum atomic E-state index is -3.90. The minimum Gasteiger partial charge on any atom is -0.392 e. The van der Waals surface area contributed by atoms with Crippen LogP contribution in [0.3, 0.4) is 0 Å². The number of hydrogen-bond donors (Lipinski definition) is 2. The number of nitrogens with one attached hydrogen (secondary N) is 1. The van der Waals surface area contributed by atoms with Gasteiger partial charge in [0.15, 0.2) is 11.6 Å². The SMILES string of the molecule is O=C(Nc1ccc(F)c(F)c1)c1ccc(CO)c(S(=O)(=O)N2CCC3CCC2C3)c1. The molecule has 1 amide bonds. The van der Waals surface area contributed by atoms with E-state index >= 15 is 0 Å². The Balaban J connectivity index is 1.64. The van der Waals surface area contributed by atoms with Crippen molar-refractivity contribution in [2.24, 2.45) is 5.92 Å². The number of carbonyl (C=O) groups is 1. The topological polar surface area (TPSA) is 86.7 Å². The molecule has 160 valence electrons. The fourth-order valence-corrected chi connectivity index (χ4v) is 6.27. The van der Waals surface area contributed by atoms with E-state index in [9.17, 15) is 27.1 Å². The van der Waals surface area contributed by atoms with E-state index in [1.807, 2.05) is 0 Å². The van der Waals surface area contributed by atoms with Crippen LogP contribution < -0.4 is 5.32 Å². The second-order valence-corrected chi connectivity index (χ2v) is 9.66. The molecule has 2 unspecified atom stereocenters. The number of carbonyl (C=O) groups excluding carboxylic acids is 1. The maximum Gasteiger partial charge on any atom is 0.255 e. The molecule has 2 aromatic rings. The number of nitrogens with zero attached hydrogens (tertiary/aromatic N) is 1. The summed E-state index contributed by atoms with van der Waals surface area (Å²) in [5.74, 6) is -2.25. The quantitative estimate of drug-likeness (QED) is 0.753. The minimum absolute atomic E-state index is 0.0387. The van der Waals surface area contributed by atoms with Gasteiger partial charge in [-0.05, 0) is 61.4 Å². The lowest BCUT2D eigenvalue weighted by molar-refractivity contribution is 0.102. The Labute approximate surface area is 173 Å². The zero-order chi connectivity index (χ0) is 21.5. The monoisotopic (exact) mass is 436 g/mol. The van der Waals surface area contributed by atoms with Gasteiger partial charge in [-0.25, -0.2) is 17.2 Å². The molecule has 1 aliphatic heterocycles. The van der Waals surface area contributed by atoms with Crippen molar-refractivity contribution in [2.75, 3.05) is 11.9 Å². The number of hydrogen-bond acceptors (Lipinski definition) is 4. The highest BCUT2D eigenvalue weighted by atomic mass is 32.2. The average molecular weight is 436 g/mol. The molecule has 2 bridgehead atoms. The number of anilines is 1. The van der Waals surface area contributed by atoms with Gasteiger partial charge in [-0.3, -0.25) is 4.79 Å². The molecule has 2 fully saturated rings. The van der Waals surface area contributed by atoms with Gasteiger partial charge in [0.05, 0.1) is 11.5 Å². The van der Waals surface area contributed by atoms with Gasteiger partial charge in [0, 0.05) is 29.9 Å². The van der Waals surface area contributed by atoms with E-state index in [-0.39, 0.29) is 27.8 Å². The molecule has 2 aliphatic rings. The Kier molecular flexibility index (Phi) is 5.61. The molecule has 4 rings (SSSR count). The molecule has 2 N–H and O–H groups in total. The molecule has 30 heavy (non-hydrogen) atoms. The van der Waals surface area contributed by atoms with Gasteiger partial charge in [0.2, 0.25) is 10.0 Å². The zero-order valence-electron chi connectivity index (χ0n) is 16.1. The molecule has 1 aliphatic carbocycles. The van der Waals surface area contributed by atoms with Gasteiger partial charge in [-0.1, -0.05) is 6.07 Å². The van der Waals surface area contributed by atoms with Gasteiger partial charge < -0.3 is 10.4 Å². The number of fused-ring (bicyclic) bond motifs is 2. The van der Waals surface area contributed by atoms with E-state index in [1.54, 1.807) is 0 Å². The molecule has 1 saturated heterocycles. The Morgan fingerprint density at radius 2 is 1.90 bits per heavy atom. The molecular weight excluding hydrogens is 414 g/mol. The normalized spacial score (nSPS) is 21.6. The summed E-state index contributed by atoms with van der Waals surface area (Å²) < 4.78 is 54.7. The van der Waals surface area contributed by atoms with E-state index < -0.39 is 34.2 Å². The number of piperidine rings is 1. The summed E-state index contributed by atoms with van der Waals surface area (Å²) in [5, 5.41) is 12.1. The highest BCUT2D eigenvalue weighted by Crippen LogP contribution is 2.39. The zero-order valence-corrected chi connectivity index (χ0v) is 17.0. The summed E-state index contributed by atoms with van der Waals surface area (Å²) in [6.07, 6.45) is 3.47. The van der Waals surface area contributed by atoms with E-state index in [2.05, 4.69) is 5.32 Å². The molecule has 2 atom stereocenters. The smallest absolute Gasteiger partial charge is 0.255 e. The maximum atomic E-state index is 13.4. The second-order valence-electron chi connectivity index (χ2n) is 7.80. The van der Waals surface area contributed by atoms with E-state index in [1.165, 1.54) is 28.6 Å². The fraction of sp³-hybridized carbons (Fsp3) is 0.381. The Hall–Kier alpha value is -2.36. The third kappa shape index (κ3) is 3.84. The van der Waals surface area contributed by atoms with E-state index in [4.69, 9.17) is 0 Å². The largest absolute Gasteiger partial charge is 0.392 e. The molecule has 2 aromatic carbocycles. The number of rotatable bonds is 5. The summed E-state index contributed by atoms with van der Waals surface area (Å²) in [4.78, 5) is 12.5. The lowest BCUT2D eigenvalue weighted by Gasteiger charge is -2.32. The lowest BCUT2D eigenvalue weighted by atomic mass is 10.0. The number of halogens is 2. The first kappa shape index (κ1) is 20.9. The maximum absolute atomic E-state index is 13.4. The molecule has 1 heterocycles. The fourth-order valence-electron chi connectivity index (χ4n) is 4.35. The van der Waals surface area contributed by atoms with Crippen LogP contribution in [0.1, 0.15) is 41.6 Å². The first-order valence-electron chi connectivity index (χ1n) is 9.81. The van der Waals surface area contributed by atoms with Crippen LogP contribution in [0, 0.1) is 17.6 Å². The first-order chi connectivity index (χ1) is 14.3. The Morgan fingerprint density at radius 1 is 1.10 bits per heavy atom. The number of aliphatic hydroxyl groups excluding tert-OH is 1. The second kappa shape index (κ2) is 8.05. The van der Waals surface area contributed by atoms with Crippen LogP contribution >= 0.6 is 0 Å². The van der Waals surface area contributed by atoms with Crippen LogP contribution in [0.5, 0.6) is 0 Å². The van der Waals surface area contributed by atoms with Gasteiger partial charge in [0.1, 0.15) is 0 Å². The van der Waals surface area contributed by atoms with Gasteiger partial charge in [-0.2, -0.15) is 4.31 Å². The van der Waals surface area contributed by atoms with Gasteiger partial charge >= 0.3 is 0 Å². The lowest BCUT2D eigenvalue weighted by Crippen LogP contribution is -2.42. The Morgan fingerprint density at radius 3 is 2.63 bits per heavy atom. The predicted molar refractivity (Wildman–Crippen MR) is 106 cm³/mol. The van der Waals surface area contributed by atoms with Crippen LogP contribution in [0.4, 0.5) is 14.5 Å². The van der Waals surface area contributed by atoms with Crippen LogP contribution in [0.2, 0.25) is 0 Å². The van der Waals surface area contributed by atoms with Crippen LogP contribution in [0.25, 0.3) is 0 Å². The van der Waals surface area contributed by atoms with E-state index in [0.717, 1.165) is 37.8 Å². The summed E-state index contributed by atoms with van der Waals surface area (Å²) >= 11 is 0. The van der Waals surface area contributed by atoms with Gasteiger partial charge in [0.25, 0.3) is 5.91 Å². The Bertz CT molecular complexity index is 1090. The standard InChI is InChI=1S/C21H22F2N2O4S/c22-18-6-4-16(11-19(18)23)24-21(27)14-2-3-15(12-26)20(10-14)30(28,29)25-8-7-13-1-5-17(25)9-13/h2-4,6,10-11,13,17,26H,1,5,7-9,12H2,(H,24,27). The van der Waals surface area contributed by atoms with Crippen LogP contribution in [-0.2, 0) is 16.6 Å². The van der Waals surface area contributed by atoms with Gasteiger partial charge in [-0.15, -0.1) is 0 Å². The molecule has 0 spiro atoms. The number of sulfonamides is 1. The van der Waals surface area contributed by atoms with E-state index in [0.29, 0.717) is 12.5 Å². The molecule has 6 nitrogen and oxygen atoms in total. The molecule has 9 heteroatoms. The summed E-state index contributed by atoms with van der Waals surface area (Å²) in [6.45, 7) is -0.0609. The van der Waals surface area contributed by atoms with Crippen molar-refractivity contribution in [3.05, 3.63) is 59.2 Å². The summed E-state index contributed by atoms with van der Waals surface area (Å²) in [6, 6.07) is 6.91. The molecule has 0 aromatic heterocycles.